The first-order valence-corrected chi connectivity index (χ1v) is 4.66. The number of carbonyl (C=O) groups is 1. The Bertz CT molecular complexity index is 1430. The summed E-state index contributed by atoms with van der Waals surface area (Å²) >= 11 is 0. The molecule has 2 nitrogen and oxygen atoms in total. The number of hydrogen-bond acceptors (Lipinski definition) is 2. The second-order valence-corrected chi connectivity index (χ2v) is 2.29. The third-order valence-corrected chi connectivity index (χ3v) is 1.04. The van der Waals surface area contributed by atoms with Gasteiger partial charge in [0.1, 0.15) is 0 Å². The van der Waals surface area contributed by atoms with E-state index in [9.17, 15) is 9.90 Å². The Balaban J connectivity index is 0. The van der Waals surface area contributed by atoms with E-state index in [1.54, 1.807) is 0 Å². The molecule has 0 spiro atoms. The molecule has 0 radical (unpaired) electrons. The van der Waals surface area contributed by atoms with Crippen LogP contribution in [0.1, 0.15) is 141 Å². The van der Waals surface area contributed by atoms with Crippen molar-refractivity contribution in [1.82, 2.24) is 0 Å². The van der Waals surface area contributed by atoms with E-state index in [0.717, 1.165) is 0 Å². The normalized spacial score (nSPS) is 45.0. The molecule has 0 amide bonds. The molecule has 0 fully saturated rings. The number of hydrogen-bond donors (Lipinski definition) is 0. The molecule has 0 aromatic heterocycles. The van der Waals surface area contributed by atoms with Crippen LogP contribution in [0.25, 0.3) is 0 Å². The van der Waals surface area contributed by atoms with Crippen molar-refractivity contribution in [2.75, 3.05) is 0 Å². The molecule has 118 valence electrons. The molecule has 0 aromatic carbocycles. The monoisotopic (exact) mass is 353 g/mol. The molecule has 0 aromatic rings. The molecule has 0 saturated carbocycles. The van der Waals surface area contributed by atoms with Crippen molar-refractivity contribution >= 4 is 5.97 Å². The first kappa shape index (κ1) is 3.40. The fraction of sp³-hybridized carbons (Fsp3) is 0.833. The molecule has 0 atom stereocenters. The molecule has 0 bridgehead atoms. The van der Waals surface area contributed by atoms with Gasteiger partial charge in [-0.1, -0.05) is 69.9 Å². The topological polar surface area (TPSA) is 40.1 Å². The van der Waals surface area contributed by atoms with Gasteiger partial charge < -0.3 is 9.90 Å². The van der Waals surface area contributed by atoms with Crippen molar-refractivity contribution in [2.45, 2.75) is 96.1 Å². The maximum atomic E-state index is 11.2. The van der Waals surface area contributed by atoms with Crippen molar-refractivity contribution in [3.63, 3.8) is 0 Å². The zero-order valence-corrected chi connectivity index (χ0v) is 13.9. The van der Waals surface area contributed by atoms with E-state index in [4.69, 9.17) is 45.2 Å². The maximum absolute atomic E-state index is 11.2. The smallest absolute Gasteiger partial charge is 0.550 e. The van der Waals surface area contributed by atoms with E-state index in [1.807, 2.05) is 0 Å². The summed E-state index contributed by atoms with van der Waals surface area (Å²) in [7, 11) is 0. The summed E-state index contributed by atoms with van der Waals surface area (Å²) < 4.78 is 259. The number of allylic oxidation sites excluding steroid dienone is 2. The third-order valence-electron chi connectivity index (χ3n) is 1.04. The van der Waals surface area contributed by atoms with Crippen molar-refractivity contribution in [2.24, 2.45) is 0 Å². The van der Waals surface area contributed by atoms with E-state index in [2.05, 4.69) is 0 Å². The average Bonchev–Trinajstić information content (AvgIpc) is 2.93. The second kappa shape index (κ2) is 20.8. The van der Waals surface area contributed by atoms with E-state index in [1.165, 1.54) is 0 Å². The molecule has 0 rings (SSSR count). The summed E-state index contributed by atoms with van der Waals surface area (Å²) in [6.07, 6.45) is -66.7. The summed E-state index contributed by atoms with van der Waals surface area (Å²) in [5, 5.41) is 11.2. The summed E-state index contributed by atoms with van der Waals surface area (Å²) in [5.41, 5.74) is 0. The van der Waals surface area contributed by atoms with Crippen LogP contribution in [0.3, 0.4) is 0 Å². The minimum Gasteiger partial charge on any atom is -0.550 e. The Morgan fingerprint density at radius 1 is 0.952 bits per heavy atom. The largest absolute Gasteiger partial charge is 1.00 e. The molecular formula is C18H33KO2. The molecule has 0 unspecified atom stereocenters. The Hall–Kier alpha value is 0.846. The van der Waals surface area contributed by atoms with Crippen LogP contribution in [0.2, 0.25) is 0 Å². The zero-order chi connectivity index (χ0) is 44.2. The Labute approximate surface area is 220 Å². The van der Waals surface area contributed by atoms with Gasteiger partial charge in [-0.15, -0.1) is 0 Å². The molecule has 0 heterocycles. The minimum atomic E-state index is -4.93. The number of aliphatic carboxylic acids is 1. The van der Waals surface area contributed by atoms with Crippen molar-refractivity contribution in [3.05, 3.63) is 12.1 Å². The third kappa shape index (κ3) is 23.2. The van der Waals surface area contributed by atoms with Crippen LogP contribution in [0, 0.1) is 0 Å². The zero-order valence-electron chi connectivity index (χ0n) is 43.8. The van der Waals surface area contributed by atoms with Gasteiger partial charge in [-0.25, -0.2) is 0 Å². The fourth-order valence-electron chi connectivity index (χ4n) is 0.489. The molecule has 3 heteroatoms. The summed E-state index contributed by atoms with van der Waals surface area (Å²) in [6.45, 7) is -4.09. The Morgan fingerprint density at radius 2 is 1.43 bits per heavy atom. The predicted molar refractivity (Wildman–Crippen MR) is 84.5 cm³/mol. The van der Waals surface area contributed by atoms with Crippen LogP contribution < -0.4 is 56.5 Å². The van der Waals surface area contributed by atoms with E-state index >= 15 is 0 Å². The van der Waals surface area contributed by atoms with Crippen molar-refractivity contribution in [1.29, 1.82) is 0 Å². The van der Waals surface area contributed by atoms with Gasteiger partial charge in [0.15, 0.2) is 0 Å². The summed E-state index contributed by atoms with van der Waals surface area (Å²) in [6, 6.07) is -5.14. The second-order valence-electron chi connectivity index (χ2n) is 2.29. The van der Waals surface area contributed by atoms with Gasteiger partial charge in [0, 0.05) is 48.5 Å². The standard InChI is InChI=1S/C18H34O2.K/c1-2-3-4-5-6-7-8-9-10-11-12-13-14-15-16-17-18(19)20;/h9-10H,2-8,11-17H2,1H3,(H,19,20);/q;+1/p-1/b10-9+;/i1D3,2D2,3D2,4D2,5D2,6D2,7D2,8D2,9D,10D,11D2,12D2,13D2,14D2,15D2,16D2,17D2;. The Morgan fingerprint density at radius 3 is 1.95 bits per heavy atom. The van der Waals surface area contributed by atoms with Crippen molar-refractivity contribution < 1.29 is 107 Å². The van der Waals surface area contributed by atoms with Gasteiger partial charge in [0.25, 0.3) is 0 Å². The number of rotatable bonds is 15. The van der Waals surface area contributed by atoms with E-state index in [0.29, 0.717) is 0 Å². The molecule has 0 saturated heterocycles. The fourth-order valence-corrected chi connectivity index (χ4v) is 0.489. The van der Waals surface area contributed by atoms with Crippen LogP contribution in [-0.4, -0.2) is 5.97 Å². The minimum absolute atomic E-state index is 0. The molecule has 0 N–H and O–H groups in total. The quantitative estimate of drug-likeness (QED) is 0.332. The molecule has 0 aliphatic carbocycles. The number of carboxylic acids is 1. The van der Waals surface area contributed by atoms with Gasteiger partial charge >= 0.3 is 51.4 Å². The first-order chi connectivity index (χ1) is 22.3. The molecule has 21 heavy (non-hydrogen) atoms. The van der Waals surface area contributed by atoms with Crippen LogP contribution in [0.5, 0.6) is 0 Å². The molecule has 0 aliphatic rings. The van der Waals surface area contributed by atoms with Gasteiger partial charge in [0.05, 0.1) is 2.74 Å². The van der Waals surface area contributed by atoms with Gasteiger partial charge in [-0.05, 0) is 38.2 Å². The summed E-state index contributed by atoms with van der Waals surface area (Å²) in [4.78, 5) is 11.2. The number of carbonyl (C=O) groups excluding carboxylic acids is 1. The van der Waals surface area contributed by atoms with Gasteiger partial charge in [0.2, 0.25) is 0 Å². The van der Waals surface area contributed by atoms with Gasteiger partial charge in [-0.2, -0.15) is 0 Å². The van der Waals surface area contributed by atoms with E-state index in [-0.39, 0.29) is 51.4 Å². The maximum Gasteiger partial charge on any atom is 1.00 e. The molecular weight excluding hydrogens is 287 g/mol. The Kier molecular flexibility index (Phi) is 3.37. The van der Waals surface area contributed by atoms with Gasteiger partial charge in [-0.3, -0.25) is 0 Å². The predicted octanol–water partition coefficient (Wildman–Crippen LogP) is 1.78. The van der Waals surface area contributed by atoms with Crippen LogP contribution in [0.15, 0.2) is 12.1 Å². The summed E-state index contributed by atoms with van der Waals surface area (Å²) in [5.74, 6) is -3.00. The molecule has 0 aliphatic heterocycles. The van der Waals surface area contributed by atoms with Crippen LogP contribution in [-0.2, 0) is 4.79 Å². The van der Waals surface area contributed by atoms with E-state index < -0.39 is 114 Å². The van der Waals surface area contributed by atoms with Crippen LogP contribution >= 0.6 is 0 Å². The average molecular weight is 354 g/mol. The van der Waals surface area contributed by atoms with Crippen LogP contribution in [0.4, 0.5) is 0 Å². The van der Waals surface area contributed by atoms with Crippen molar-refractivity contribution in [3.8, 4) is 0 Å². The number of carboxylic acid groups (broad SMARTS) is 1. The first-order valence-electron chi connectivity index (χ1n) is 21.2. The SMILES string of the molecule is [2H]/C(=C(/[2H])C([2H])([2H])C([2H])([2H])C([2H])([2H])C([2H])([2H])C([2H])([2H])C([2H])([2H])C([2H])([2H])C([2H])([2H])[2H])C([2H])([2H])C([2H])([2H])C([2H])([2H])C([2H])([2H])C([2H])([2H])C([2H])([2H])C([2H])([2H])C(=O)[O-].[K+].